The summed E-state index contributed by atoms with van der Waals surface area (Å²) in [6, 6.07) is 13.8. The van der Waals surface area contributed by atoms with Crippen molar-refractivity contribution in [3.05, 3.63) is 57.5 Å². The summed E-state index contributed by atoms with van der Waals surface area (Å²) in [6.07, 6.45) is 3.76. The lowest BCUT2D eigenvalue weighted by Gasteiger charge is -2.35. The van der Waals surface area contributed by atoms with Crippen LogP contribution in [0.2, 0.25) is 5.02 Å². The van der Waals surface area contributed by atoms with Crippen molar-refractivity contribution < 1.29 is 4.79 Å². The van der Waals surface area contributed by atoms with Crippen LogP contribution in [0.25, 0.3) is 0 Å². The van der Waals surface area contributed by atoms with Gasteiger partial charge < -0.3 is 10.2 Å². The van der Waals surface area contributed by atoms with Crippen LogP contribution in [0.15, 0.2) is 46.9 Å². The standard InChI is InChI=1S/C20H21BrClN3OS/c1-13-4-2-3-11-25(13)16-8-6-15(7-9-16)23-20(27)24-19(26)17-12-14(21)5-10-18(17)22/h5-10,12-13H,2-4,11H2,1H3,(H2,23,24,26,27). The zero-order valence-corrected chi connectivity index (χ0v) is 18.1. The molecule has 2 aromatic rings. The Morgan fingerprint density at radius 3 is 2.67 bits per heavy atom. The van der Waals surface area contributed by atoms with Crippen LogP contribution in [0.3, 0.4) is 0 Å². The van der Waals surface area contributed by atoms with E-state index in [9.17, 15) is 4.79 Å². The molecule has 27 heavy (non-hydrogen) atoms. The first-order valence-corrected chi connectivity index (χ1v) is 10.5. The zero-order valence-electron chi connectivity index (χ0n) is 15.0. The SMILES string of the molecule is CC1CCCCN1c1ccc(NC(=S)NC(=O)c2cc(Br)ccc2Cl)cc1. The third-order valence-electron chi connectivity index (χ3n) is 4.66. The van der Waals surface area contributed by atoms with Crippen LogP contribution in [0.1, 0.15) is 36.5 Å². The Kier molecular flexibility index (Phi) is 6.73. The molecule has 4 nitrogen and oxygen atoms in total. The first kappa shape index (κ1) is 20.1. The minimum Gasteiger partial charge on any atom is -0.369 e. The van der Waals surface area contributed by atoms with Crippen LogP contribution in [-0.2, 0) is 0 Å². The molecular weight excluding hydrogens is 446 g/mol. The number of hydrogen-bond acceptors (Lipinski definition) is 3. The number of amides is 1. The average molecular weight is 467 g/mol. The molecule has 142 valence electrons. The minimum absolute atomic E-state index is 0.232. The average Bonchev–Trinajstić information content (AvgIpc) is 2.65. The Morgan fingerprint density at radius 1 is 1.22 bits per heavy atom. The van der Waals surface area contributed by atoms with Gasteiger partial charge in [-0.05, 0) is 80.9 Å². The van der Waals surface area contributed by atoms with Gasteiger partial charge in [0.05, 0.1) is 10.6 Å². The number of hydrogen-bond donors (Lipinski definition) is 2. The second kappa shape index (κ2) is 9.04. The molecule has 0 bridgehead atoms. The molecule has 1 amide bonds. The topological polar surface area (TPSA) is 44.4 Å². The van der Waals surface area contributed by atoms with Crippen molar-refractivity contribution in [2.45, 2.75) is 32.2 Å². The second-order valence-electron chi connectivity index (χ2n) is 6.62. The lowest BCUT2D eigenvalue weighted by atomic mass is 10.0. The van der Waals surface area contributed by atoms with Crippen molar-refractivity contribution in [2.24, 2.45) is 0 Å². The van der Waals surface area contributed by atoms with E-state index in [0.29, 0.717) is 16.6 Å². The third-order valence-corrected chi connectivity index (χ3v) is 5.69. The van der Waals surface area contributed by atoms with Crippen molar-refractivity contribution in [3.8, 4) is 0 Å². The summed E-state index contributed by atoms with van der Waals surface area (Å²) in [4.78, 5) is 14.8. The number of carbonyl (C=O) groups excluding carboxylic acids is 1. The van der Waals surface area contributed by atoms with Crippen molar-refractivity contribution in [1.82, 2.24) is 5.32 Å². The summed E-state index contributed by atoms with van der Waals surface area (Å²) < 4.78 is 0.776. The predicted molar refractivity (Wildman–Crippen MR) is 120 cm³/mol. The largest absolute Gasteiger partial charge is 0.369 e. The number of carbonyl (C=O) groups is 1. The smallest absolute Gasteiger partial charge is 0.258 e. The van der Waals surface area contributed by atoms with Crippen LogP contribution in [0, 0.1) is 0 Å². The van der Waals surface area contributed by atoms with Crippen LogP contribution in [0.5, 0.6) is 0 Å². The Hall–Kier alpha value is -1.63. The van der Waals surface area contributed by atoms with E-state index >= 15 is 0 Å². The van der Waals surface area contributed by atoms with Gasteiger partial charge in [-0.1, -0.05) is 27.5 Å². The highest BCUT2D eigenvalue weighted by Gasteiger charge is 2.18. The van der Waals surface area contributed by atoms with E-state index in [4.69, 9.17) is 23.8 Å². The first-order chi connectivity index (χ1) is 12.9. The molecule has 2 N–H and O–H groups in total. The summed E-state index contributed by atoms with van der Waals surface area (Å²) in [5, 5.41) is 6.31. The maximum absolute atomic E-state index is 12.4. The number of rotatable bonds is 3. The molecule has 0 radical (unpaired) electrons. The molecule has 1 atom stereocenters. The number of anilines is 2. The van der Waals surface area contributed by atoms with Gasteiger partial charge in [0.1, 0.15) is 0 Å². The van der Waals surface area contributed by atoms with Crippen molar-refractivity contribution in [3.63, 3.8) is 0 Å². The summed E-state index contributed by atoms with van der Waals surface area (Å²) in [5.41, 5.74) is 2.40. The quantitative estimate of drug-likeness (QED) is 0.577. The molecule has 3 rings (SSSR count). The molecule has 2 aromatic carbocycles. The van der Waals surface area contributed by atoms with Gasteiger partial charge in [-0.2, -0.15) is 0 Å². The second-order valence-corrected chi connectivity index (χ2v) is 8.35. The molecule has 0 spiro atoms. The highest BCUT2D eigenvalue weighted by molar-refractivity contribution is 9.10. The van der Waals surface area contributed by atoms with Crippen molar-refractivity contribution in [1.29, 1.82) is 0 Å². The highest BCUT2D eigenvalue weighted by atomic mass is 79.9. The molecule has 0 saturated carbocycles. The van der Waals surface area contributed by atoms with Gasteiger partial charge >= 0.3 is 0 Å². The van der Waals surface area contributed by atoms with Crippen molar-refractivity contribution >= 4 is 62.1 Å². The number of halogens is 2. The maximum Gasteiger partial charge on any atom is 0.258 e. The normalized spacial score (nSPS) is 16.7. The predicted octanol–water partition coefficient (Wildman–Crippen LogP) is 5.61. The summed E-state index contributed by atoms with van der Waals surface area (Å²) in [6.45, 7) is 3.36. The van der Waals surface area contributed by atoms with Crippen LogP contribution in [-0.4, -0.2) is 23.6 Å². The molecule has 1 fully saturated rings. The van der Waals surface area contributed by atoms with Crippen molar-refractivity contribution in [2.75, 3.05) is 16.8 Å². The van der Waals surface area contributed by atoms with E-state index in [1.54, 1.807) is 18.2 Å². The molecule has 1 heterocycles. The van der Waals surface area contributed by atoms with Gasteiger partial charge in [-0.3, -0.25) is 10.1 Å². The fourth-order valence-electron chi connectivity index (χ4n) is 3.22. The van der Waals surface area contributed by atoms with Gasteiger partial charge in [0, 0.05) is 28.4 Å². The number of piperidine rings is 1. The van der Waals surface area contributed by atoms with Gasteiger partial charge in [0.2, 0.25) is 0 Å². The molecule has 1 saturated heterocycles. The number of nitrogens with one attached hydrogen (secondary N) is 2. The third kappa shape index (κ3) is 5.21. The molecular formula is C20H21BrClN3OS. The number of thiocarbonyl (C=S) groups is 1. The molecule has 1 unspecified atom stereocenters. The number of benzene rings is 2. The summed E-state index contributed by atoms with van der Waals surface area (Å²) in [7, 11) is 0. The Bertz CT molecular complexity index is 844. The summed E-state index contributed by atoms with van der Waals surface area (Å²) >= 11 is 14.7. The Morgan fingerprint density at radius 2 is 1.96 bits per heavy atom. The van der Waals surface area contributed by atoms with E-state index in [0.717, 1.165) is 16.7 Å². The maximum atomic E-state index is 12.4. The minimum atomic E-state index is -0.349. The van der Waals surface area contributed by atoms with E-state index in [1.165, 1.54) is 24.9 Å². The number of nitrogens with zero attached hydrogens (tertiary/aromatic N) is 1. The van der Waals surface area contributed by atoms with Gasteiger partial charge in [0.15, 0.2) is 5.11 Å². The van der Waals surface area contributed by atoms with E-state index in [2.05, 4.69) is 50.5 Å². The molecule has 1 aliphatic heterocycles. The van der Waals surface area contributed by atoms with Crippen LogP contribution < -0.4 is 15.5 Å². The molecule has 7 heteroatoms. The molecule has 0 aliphatic carbocycles. The van der Waals surface area contributed by atoms with Crippen LogP contribution >= 0.6 is 39.7 Å². The fraction of sp³-hybridized carbons (Fsp3) is 0.300. The summed E-state index contributed by atoms with van der Waals surface area (Å²) in [5.74, 6) is -0.349. The van der Waals surface area contributed by atoms with E-state index < -0.39 is 0 Å². The van der Waals surface area contributed by atoms with E-state index in [-0.39, 0.29) is 11.0 Å². The lowest BCUT2D eigenvalue weighted by Crippen LogP contribution is -2.37. The first-order valence-electron chi connectivity index (χ1n) is 8.88. The Labute approximate surface area is 178 Å². The molecule has 0 aromatic heterocycles. The van der Waals surface area contributed by atoms with Gasteiger partial charge in [-0.15, -0.1) is 0 Å². The van der Waals surface area contributed by atoms with Gasteiger partial charge in [-0.25, -0.2) is 0 Å². The highest BCUT2D eigenvalue weighted by Crippen LogP contribution is 2.26. The van der Waals surface area contributed by atoms with Crippen LogP contribution in [0.4, 0.5) is 11.4 Å². The molecule has 1 aliphatic rings. The lowest BCUT2D eigenvalue weighted by molar-refractivity contribution is 0.0978. The van der Waals surface area contributed by atoms with Gasteiger partial charge in [0.25, 0.3) is 5.91 Å². The van der Waals surface area contributed by atoms with E-state index in [1.807, 2.05) is 12.1 Å². The Balaban J connectivity index is 1.60. The fourth-order valence-corrected chi connectivity index (χ4v) is 4.00. The zero-order chi connectivity index (χ0) is 19.4. The monoisotopic (exact) mass is 465 g/mol.